The lowest BCUT2D eigenvalue weighted by atomic mass is 9.84. The van der Waals surface area contributed by atoms with Gasteiger partial charge in [-0.05, 0) is 36.1 Å². The Morgan fingerprint density at radius 1 is 0.952 bits per heavy atom. The predicted octanol–water partition coefficient (Wildman–Crippen LogP) is 3.44. The Bertz CT molecular complexity index is 598. The Balaban J connectivity index is 1.97. The molecule has 0 spiro atoms. The van der Waals surface area contributed by atoms with Crippen LogP contribution in [0.3, 0.4) is 0 Å². The molecule has 0 saturated heterocycles. The summed E-state index contributed by atoms with van der Waals surface area (Å²) >= 11 is 0. The van der Waals surface area contributed by atoms with Crippen molar-refractivity contribution in [2.75, 3.05) is 14.2 Å². The lowest BCUT2D eigenvalue weighted by Crippen LogP contribution is -2.26. The van der Waals surface area contributed by atoms with Gasteiger partial charge in [-0.25, -0.2) is 0 Å². The summed E-state index contributed by atoms with van der Waals surface area (Å²) in [6.07, 6.45) is 2.25. The van der Waals surface area contributed by atoms with E-state index >= 15 is 0 Å². The van der Waals surface area contributed by atoms with Crippen LogP contribution in [-0.2, 0) is 5.41 Å². The molecule has 3 nitrogen and oxygen atoms in total. The van der Waals surface area contributed by atoms with Gasteiger partial charge in [0.2, 0.25) is 0 Å². The first kappa shape index (κ1) is 14.0. The fourth-order valence-corrected chi connectivity index (χ4v) is 3.01. The minimum absolute atomic E-state index is 0.0519. The molecular formula is C18H21NO2. The van der Waals surface area contributed by atoms with Crippen LogP contribution in [0.1, 0.15) is 30.0 Å². The molecule has 1 unspecified atom stereocenters. The van der Waals surface area contributed by atoms with Gasteiger partial charge in [0, 0.05) is 17.5 Å². The first-order valence-corrected chi connectivity index (χ1v) is 7.24. The van der Waals surface area contributed by atoms with Crippen molar-refractivity contribution in [3.63, 3.8) is 0 Å². The summed E-state index contributed by atoms with van der Waals surface area (Å²) in [6, 6.07) is 16.4. The van der Waals surface area contributed by atoms with Crippen LogP contribution in [0.25, 0.3) is 0 Å². The van der Waals surface area contributed by atoms with Crippen LogP contribution in [0.5, 0.6) is 11.5 Å². The van der Waals surface area contributed by atoms with E-state index in [9.17, 15) is 0 Å². The number of hydrogen-bond acceptors (Lipinski definition) is 3. The van der Waals surface area contributed by atoms with E-state index in [0.29, 0.717) is 0 Å². The number of methoxy groups -OCH3 is 2. The molecule has 1 aliphatic carbocycles. The first-order chi connectivity index (χ1) is 10.2. The third-order valence-corrected chi connectivity index (χ3v) is 4.47. The molecule has 1 fully saturated rings. The third-order valence-electron chi connectivity index (χ3n) is 4.47. The van der Waals surface area contributed by atoms with Crippen molar-refractivity contribution < 1.29 is 9.47 Å². The second-order valence-electron chi connectivity index (χ2n) is 5.65. The molecule has 2 N–H and O–H groups in total. The van der Waals surface area contributed by atoms with Crippen LogP contribution in [-0.4, -0.2) is 14.2 Å². The molecule has 0 heterocycles. The van der Waals surface area contributed by atoms with Crippen molar-refractivity contribution in [2.45, 2.75) is 24.3 Å². The Kier molecular flexibility index (Phi) is 3.60. The van der Waals surface area contributed by atoms with Gasteiger partial charge in [0.05, 0.1) is 14.2 Å². The van der Waals surface area contributed by atoms with Crippen LogP contribution in [0, 0.1) is 0 Å². The number of rotatable bonds is 5. The van der Waals surface area contributed by atoms with Gasteiger partial charge < -0.3 is 15.2 Å². The summed E-state index contributed by atoms with van der Waals surface area (Å²) in [7, 11) is 3.32. The van der Waals surface area contributed by atoms with Crippen molar-refractivity contribution in [3.8, 4) is 11.5 Å². The van der Waals surface area contributed by atoms with Gasteiger partial charge in [-0.1, -0.05) is 30.3 Å². The molecule has 1 aliphatic rings. The van der Waals surface area contributed by atoms with Crippen LogP contribution in [0.4, 0.5) is 0 Å². The van der Waals surface area contributed by atoms with Crippen LogP contribution in [0.2, 0.25) is 0 Å². The molecule has 3 heteroatoms. The number of hydrogen-bond donors (Lipinski definition) is 1. The van der Waals surface area contributed by atoms with Crippen molar-refractivity contribution in [1.82, 2.24) is 0 Å². The van der Waals surface area contributed by atoms with E-state index in [1.807, 2.05) is 24.3 Å². The first-order valence-electron chi connectivity index (χ1n) is 7.24. The fraction of sp³-hybridized carbons (Fsp3) is 0.333. The Morgan fingerprint density at radius 3 is 2.00 bits per heavy atom. The van der Waals surface area contributed by atoms with Gasteiger partial charge in [0.1, 0.15) is 11.5 Å². The van der Waals surface area contributed by atoms with E-state index in [1.54, 1.807) is 14.2 Å². The lowest BCUT2D eigenvalue weighted by Gasteiger charge is -2.25. The molecule has 21 heavy (non-hydrogen) atoms. The second-order valence-corrected chi connectivity index (χ2v) is 5.65. The van der Waals surface area contributed by atoms with Crippen molar-refractivity contribution in [1.29, 1.82) is 0 Å². The molecule has 3 rings (SSSR count). The molecule has 0 aliphatic heterocycles. The normalized spacial score (nSPS) is 17.1. The van der Waals surface area contributed by atoms with E-state index in [4.69, 9.17) is 15.2 Å². The van der Waals surface area contributed by atoms with Crippen molar-refractivity contribution in [3.05, 3.63) is 59.7 Å². The highest BCUT2D eigenvalue weighted by Crippen LogP contribution is 2.55. The van der Waals surface area contributed by atoms with Crippen molar-refractivity contribution in [2.24, 2.45) is 5.73 Å². The highest BCUT2D eigenvalue weighted by molar-refractivity contribution is 5.44. The van der Waals surface area contributed by atoms with E-state index in [0.717, 1.165) is 29.9 Å². The van der Waals surface area contributed by atoms with Crippen LogP contribution in [0.15, 0.2) is 48.5 Å². The topological polar surface area (TPSA) is 44.5 Å². The molecule has 0 bridgehead atoms. The van der Waals surface area contributed by atoms with Crippen molar-refractivity contribution >= 4 is 0 Å². The van der Waals surface area contributed by atoms with Crippen LogP contribution >= 0.6 is 0 Å². The van der Waals surface area contributed by atoms with E-state index < -0.39 is 0 Å². The molecule has 0 aromatic heterocycles. The quantitative estimate of drug-likeness (QED) is 0.914. The maximum Gasteiger partial charge on any atom is 0.122 e. The number of nitrogens with two attached hydrogens (primary N) is 1. The Morgan fingerprint density at radius 2 is 1.52 bits per heavy atom. The van der Waals surface area contributed by atoms with Gasteiger partial charge in [-0.3, -0.25) is 0 Å². The maximum absolute atomic E-state index is 6.60. The lowest BCUT2D eigenvalue weighted by molar-refractivity contribution is 0.391. The fourth-order valence-electron chi connectivity index (χ4n) is 3.01. The molecule has 1 saturated carbocycles. The Labute approximate surface area is 125 Å². The Hall–Kier alpha value is -2.00. The summed E-state index contributed by atoms with van der Waals surface area (Å²) in [5.74, 6) is 1.56. The average molecular weight is 283 g/mol. The minimum atomic E-state index is -0.0519. The summed E-state index contributed by atoms with van der Waals surface area (Å²) in [4.78, 5) is 0. The van der Waals surface area contributed by atoms with Gasteiger partial charge in [0.15, 0.2) is 0 Å². The maximum atomic E-state index is 6.60. The van der Waals surface area contributed by atoms with Gasteiger partial charge >= 0.3 is 0 Å². The van der Waals surface area contributed by atoms with Gasteiger partial charge in [-0.15, -0.1) is 0 Å². The summed E-state index contributed by atoms with van der Waals surface area (Å²) in [6.45, 7) is 0. The highest BCUT2D eigenvalue weighted by atomic mass is 16.5. The zero-order chi connectivity index (χ0) is 14.9. The standard InChI is InChI=1S/C18H21NO2/c1-20-15-10-13(11-16(12-15)21-2)17(19)18(8-9-18)14-6-4-3-5-7-14/h3-7,10-12,17H,8-9,19H2,1-2H3. The molecule has 2 aromatic carbocycles. The second kappa shape index (κ2) is 5.41. The van der Waals surface area contributed by atoms with Gasteiger partial charge in [0.25, 0.3) is 0 Å². The van der Waals surface area contributed by atoms with Crippen LogP contribution < -0.4 is 15.2 Å². The van der Waals surface area contributed by atoms with E-state index in [1.165, 1.54) is 5.56 Å². The van der Waals surface area contributed by atoms with E-state index in [2.05, 4.69) is 24.3 Å². The molecule has 110 valence electrons. The van der Waals surface area contributed by atoms with E-state index in [-0.39, 0.29) is 11.5 Å². The number of benzene rings is 2. The zero-order valence-corrected chi connectivity index (χ0v) is 12.5. The molecular weight excluding hydrogens is 262 g/mol. The molecule has 0 radical (unpaired) electrons. The molecule has 1 atom stereocenters. The number of ether oxygens (including phenoxy) is 2. The summed E-state index contributed by atoms with van der Waals surface area (Å²) in [5, 5.41) is 0. The monoisotopic (exact) mass is 283 g/mol. The smallest absolute Gasteiger partial charge is 0.122 e. The molecule has 2 aromatic rings. The van der Waals surface area contributed by atoms with Gasteiger partial charge in [-0.2, -0.15) is 0 Å². The third kappa shape index (κ3) is 2.49. The average Bonchev–Trinajstić information content (AvgIpc) is 3.36. The molecule has 0 amide bonds. The summed E-state index contributed by atoms with van der Waals surface area (Å²) in [5.41, 5.74) is 9.04. The SMILES string of the molecule is COc1cc(OC)cc(C(N)C2(c3ccccc3)CC2)c1. The zero-order valence-electron chi connectivity index (χ0n) is 12.5. The largest absolute Gasteiger partial charge is 0.497 e. The highest BCUT2D eigenvalue weighted by Gasteiger charge is 2.49. The predicted molar refractivity (Wildman–Crippen MR) is 83.8 cm³/mol. The minimum Gasteiger partial charge on any atom is -0.497 e. The summed E-state index contributed by atoms with van der Waals surface area (Å²) < 4.78 is 10.7.